The first-order valence-electron chi connectivity index (χ1n) is 10.5. The minimum absolute atomic E-state index is 0.0108. The third-order valence-corrected chi connectivity index (χ3v) is 5.43. The quantitative estimate of drug-likeness (QED) is 0.725. The Balaban J connectivity index is 1.98. The number of hydrogen-bond donors (Lipinski definition) is 1. The molecule has 2 heterocycles. The first-order valence-corrected chi connectivity index (χ1v) is 10.9. The zero-order valence-corrected chi connectivity index (χ0v) is 18.9. The number of carbonyl (C=O) groups excluding carboxylic acids is 1. The highest BCUT2D eigenvalue weighted by Gasteiger charge is 2.31. The van der Waals surface area contributed by atoms with E-state index in [-0.39, 0.29) is 17.6 Å². The molecule has 6 nitrogen and oxygen atoms in total. The van der Waals surface area contributed by atoms with Gasteiger partial charge in [-0.25, -0.2) is 9.78 Å². The number of nitrogens with one attached hydrogen (secondary N) is 1. The number of aromatic amines is 1. The molecule has 0 spiro atoms. The van der Waals surface area contributed by atoms with Crippen LogP contribution in [0.15, 0.2) is 29.1 Å². The summed E-state index contributed by atoms with van der Waals surface area (Å²) in [4.78, 5) is 35.2. The number of halogens is 1. The van der Waals surface area contributed by atoms with Gasteiger partial charge in [0, 0.05) is 35.2 Å². The number of unbranched alkanes of at least 4 members (excludes halogenated alkanes) is 1. The van der Waals surface area contributed by atoms with Crippen molar-refractivity contribution in [1.29, 1.82) is 0 Å². The van der Waals surface area contributed by atoms with E-state index >= 15 is 0 Å². The monoisotopic (exact) mass is 431 g/mol. The van der Waals surface area contributed by atoms with E-state index in [1.165, 1.54) is 0 Å². The standard InChI is InChI=1S/C23H30ClN3O3/c1-5-6-7-16-14-27(22(29)30-23(2,3)4)13-12-18-19(16)25-20(26-21(18)28)15-8-10-17(24)11-9-15/h8-11,16H,5-7,12-14H2,1-4H3,(H,25,26,28). The van der Waals surface area contributed by atoms with Gasteiger partial charge in [0.2, 0.25) is 0 Å². The largest absolute Gasteiger partial charge is 0.444 e. The summed E-state index contributed by atoms with van der Waals surface area (Å²) in [6, 6.07) is 7.25. The molecule has 7 heteroatoms. The molecule has 1 amide bonds. The number of H-pyrrole nitrogens is 1. The van der Waals surface area contributed by atoms with Crippen molar-refractivity contribution in [3.8, 4) is 11.4 Å². The van der Waals surface area contributed by atoms with Crippen molar-refractivity contribution in [1.82, 2.24) is 14.9 Å². The highest BCUT2D eigenvalue weighted by Crippen LogP contribution is 2.29. The average Bonchev–Trinajstić information content (AvgIpc) is 2.86. The molecule has 1 aliphatic rings. The molecule has 1 N–H and O–H groups in total. The summed E-state index contributed by atoms with van der Waals surface area (Å²) in [5, 5.41) is 0.629. The second-order valence-electron chi connectivity index (χ2n) is 8.80. The number of aromatic nitrogens is 2. The summed E-state index contributed by atoms with van der Waals surface area (Å²) >= 11 is 6.00. The number of ether oxygens (including phenoxy) is 1. The van der Waals surface area contributed by atoms with Gasteiger partial charge >= 0.3 is 6.09 Å². The molecule has 1 unspecified atom stereocenters. The van der Waals surface area contributed by atoms with Crippen LogP contribution in [0.5, 0.6) is 0 Å². The van der Waals surface area contributed by atoms with Gasteiger partial charge in [-0.05, 0) is 57.9 Å². The molecule has 0 saturated heterocycles. The van der Waals surface area contributed by atoms with Gasteiger partial charge in [-0.1, -0.05) is 31.4 Å². The Hall–Kier alpha value is -2.34. The summed E-state index contributed by atoms with van der Waals surface area (Å²) in [6.07, 6.45) is 3.01. The van der Waals surface area contributed by atoms with Crippen molar-refractivity contribution in [3.05, 3.63) is 50.9 Å². The van der Waals surface area contributed by atoms with Gasteiger partial charge in [-0.2, -0.15) is 0 Å². The minimum atomic E-state index is -0.563. The van der Waals surface area contributed by atoms with Gasteiger partial charge in [0.25, 0.3) is 5.56 Å². The highest BCUT2D eigenvalue weighted by atomic mass is 35.5. The van der Waals surface area contributed by atoms with E-state index < -0.39 is 5.60 Å². The molecule has 1 aliphatic heterocycles. The predicted molar refractivity (Wildman–Crippen MR) is 119 cm³/mol. The van der Waals surface area contributed by atoms with Gasteiger partial charge in [-0.15, -0.1) is 0 Å². The van der Waals surface area contributed by atoms with Crippen molar-refractivity contribution < 1.29 is 9.53 Å². The fourth-order valence-electron chi connectivity index (χ4n) is 3.70. The van der Waals surface area contributed by atoms with Gasteiger partial charge < -0.3 is 14.6 Å². The fraction of sp³-hybridized carbons (Fsp3) is 0.522. The lowest BCUT2D eigenvalue weighted by Crippen LogP contribution is -2.39. The maximum atomic E-state index is 12.9. The number of rotatable bonds is 4. The Labute approximate surface area is 182 Å². The van der Waals surface area contributed by atoms with Crippen LogP contribution in [-0.4, -0.2) is 39.7 Å². The number of carbonyl (C=O) groups is 1. The normalized spacial score (nSPS) is 16.7. The van der Waals surface area contributed by atoms with Crippen LogP contribution in [0.3, 0.4) is 0 Å². The Morgan fingerprint density at radius 1 is 1.30 bits per heavy atom. The minimum Gasteiger partial charge on any atom is -0.444 e. The first kappa shape index (κ1) is 22.3. The highest BCUT2D eigenvalue weighted by molar-refractivity contribution is 6.30. The summed E-state index contributed by atoms with van der Waals surface area (Å²) in [7, 11) is 0. The van der Waals surface area contributed by atoms with Crippen molar-refractivity contribution >= 4 is 17.7 Å². The summed E-state index contributed by atoms with van der Waals surface area (Å²) in [5.41, 5.74) is 1.56. The third-order valence-electron chi connectivity index (χ3n) is 5.18. The second kappa shape index (κ2) is 9.21. The van der Waals surface area contributed by atoms with Crippen LogP contribution in [0.4, 0.5) is 4.79 Å². The number of fused-ring (bicyclic) bond motifs is 1. The molecule has 30 heavy (non-hydrogen) atoms. The SMILES string of the molecule is CCCCC1CN(C(=O)OC(C)(C)C)CCc2c1nc(-c1ccc(Cl)cc1)[nH]c2=O. The molecule has 3 rings (SSSR count). The summed E-state index contributed by atoms with van der Waals surface area (Å²) in [5.74, 6) is 0.519. The van der Waals surface area contributed by atoms with E-state index in [0.717, 1.165) is 30.5 Å². The van der Waals surface area contributed by atoms with E-state index in [2.05, 4.69) is 11.9 Å². The van der Waals surface area contributed by atoms with Crippen molar-refractivity contribution in [3.63, 3.8) is 0 Å². The van der Waals surface area contributed by atoms with Crippen LogP contribution in [0.1, 0.15) is 64.1 Å². The third kappa shape index (κ3) is 5.42. The molecule has 0 saturated carbocycles. The Morgan fingerprint density at radius 3 is 2.63 bits per heavy atom. The molecule has 1 aromatic carbocycles. The molecule has 1 aromatic heterocycles. The van der Waals surface area contributed by atoms with Crippen molar-refractivity contribution in [2.45, 2.75) is 64.9 Å². The predicted octanol–water partition coefficient (Wildman–Crippen LogP) is 5.16. The summed E-state index contributed by atoms with van der Waals surface area (Å²) in [6.45, 7) is 8.64. The maximum Gasteiger partial charge on any atom is 0.410 e. The topological polar surface area (TPSA) is 75.3 Å². The van der Waals surface area contributed by atoms with E-state index in [1.807, 2.05) is 32.9 Å². The molecule has 2 aromatic rings. The van der Waals surface area contributed by atoms with Crippen molar-refractivity contribution in [2.24, 2.45) is 0 Å². The van der Waals surface area contributed by atoms with Crippen LogP contribution in [0.25, 0.3) is 11.4 Å². The van der Waals surface area contributed by atoms with Crippen LogP contribution in [0, 0.1) is 0 Å². The van der Waals surface area contributed by atoms with Crippen LogP contribution < -0.4 is 5.56 Å². The molecule has 1 atom stereocenters. The zero-order valence-electron chi connectivity index (χ0n) is 18.1. The van der Waals surface area contributed by atoms with Crippen LogP contribution in [0.2, 0.25) is 5.02 Å². The second-order valence-corrected chi connectivity index (χ2v) is 9.24. The number of hydrogen-bond acceptors (Lipinski definition) is 4. The zero-order chi connectivity index (χ0) is 21.9. The van der Waals surface area contributed by atoms with Crippen LogP contribution >= 0.6 is 11.6 Å². The van der Waals surface area contributed by atoms with E-state index in [0.29, 0.717) is 35.9 Å². The van der Waals surface area contributed by atoms with E-state index in [4.69, 9.17) is 21.3 Å². The van der Waals surface area contributed by atoms with E-state index in [1.54, 1.807) is 17.0 Å². The average molecular weight is 432 g/mol. The van der Waals surface area contributed by atoms with Gasteiger partial charge in [0.15, 0.2) is 0 Å². The van der Waals surface area contributed by atoms with Gasteiger partial charge in [-0.3, -0.25) is 4.79 Å². The lowest BCUT2D eigenvalue weighted by molar-refractivity contribution is 0.0244. The number of amides is 1. The number of benzene rings is 1. The van der Waals surface area contributed by atoms with Gasteiger partial charge in [0.05, 0.1) is 5.69 Å². The molecule has 0 fully saturated rings. The lowest BCUT2D eigenvalue weighted by atomic mass is 9.95. The Morgan fingerprint density at radius 2 is 2.00 bits per heavy atom. The molecule has 162 valence electrons. The molecular weight excluding hydrogens is 402 g/mol. The smallest absolute Gasteiger partial charge is 0.410 e. The Kier molecular flexibility index (Phi) is 6.86. The van der Waals surface area contributed by atoms with E-state index in [9.17, 15) is 9.59 Å². The lowest BCUT2D eigenvalue weighted by Gasteiger charge is -2.28. The van der Waals surface area contributed by atoms with Crippen molar-refractivity contribution in [2.75, 3.05) is 13.1 Å². The maximum absolute atomic E-state index is 12.9. The van der Waals surface area contributed by atoms with Crippen LogP contribution in [-0.2, 0) is 11.2 Å². The van der Waals surface area contributed by atoms with Gasteiger partial charge in [0.1, 0.15) is 11.4 Å². The number of nitrogens with zero attached hydrogens (tertiary/aromatic N) is 2. The molecule has 0 aliphatic carbocycles. The Bertz CT molecular complexity index is 948. The fourth-order valence-corrected chi connectivity index (χ4v) is 3.83. The molecule has 0 radical (unpaired) electrons. The molecule has 0 bridgehead atoms. The molecular formula is C23H30ClN3O3. The first-order chi connectivity index (χ1) is 14.2. The summed E-state index contributed by atoms with van der Waals surface area (Å²) < 4.78 is 5.59.